The highest BCUT2D eigenvalue weighted by Gasteiger charge is 2.14. The molecule has 0 aliphatic rings. The largest absolute Gasteiger partial charge is 0.283 e. The zero-order chi connectivity index (χ0) is 16.2. The molecule has 0 aliphatic carbocycles. The van der Waals surface area contributed by atoms with E-state index in [1.54, 1.807) is 24.3 Å². The van der Waals surface area contributed by atoms with Crippen molar-refractivity contribution in [3.8, 4) is 0 Å². The van der Waals surface area contributed by atoms with Gasteiger partial charge in [0.2, 0.25) is 10.0 Å². The van der Waals surface area contributed by atoms with Crippen LogP contribution in [0.4, 0.5) is 11.4 Å². The third kappa shape index (κ3) is 4.47. The lowest BCUT2D eigenvalue weighted by Gasteiger charge is -2.09. The normalized spacial score (nSPS) is 11.1. The van der Waals surface area contributed by atoms with Crippen LogP contribution >= 0.6 is 11.8 Å². The van der Waals surface area contributed by atoms with Crippen LogP contribution in [-0.4, -0.2) is 19.6 Å². The second-order valence-corrected chi connectivity index (χ2v) is 7.12. The molecule has 0 radical (unpaired) electrons. The van der Waals surface area contributed by atoms with Gasteiger partial charge in [-0.1, -0.05) is 18.2 Å². The molecule has 0 unspecified atom stereocenters. The SMILES string of the molecule is CSc1cccc(NS(=O)(=O)Cc2cccc([N+](=O)[O-])c2)c1. The summed E-state index contributed by atoms with van der Waals surface area (Å²) in [5.41, 5.74) is 0.706. The van der Waals surface area contributed by atoms with Crippen LogP contribution in [0.3, 0.4) is 0 Å². The van der Waals surface area contributed by atoms with Gasteiger partial charge in [0, 0.05) is 22.7 Å². The molecule has 2 aromatic rings. The molecule has 6 nitrogen and oxygen atoms in total. The van der Waals surface area contributed by atoms with E-state index >= 15 is 0 Å². The molecular formula is C14H14N2O4S2. The molecule has 0 amide bonds. The maximum absolute atomic E-state index is 12.2. The van der Waals surface area contributed by atoms with Crippen molar-refractivity contribution in [2.24, 2.45) is 0 Å². The van der Waals surface area contributed by atoms with Crippen LogP contribution in [0.2, 0.25) is 0 Å². The fourth-order valence-electron chi connectivity index (χ4n) is 1.88. The number of sulfonamides is 1. The van der Waals surface area contributed by atoms with E-state index < -0.39 is 14.9 Å². The van der Waals surface area contributed by atoms with Crippen LogP contribution < -0.4 is 4.72 Å². The number of thioether (sulfide) groups is 1. The van der Waals surface area contributed by atoms with Gasteiger partial charge in [-0.05, 0) is 30.0 Å². The van der Waals surface area contributed by atoms with Gasteiger partial charge in [0.05, 0.1) is 10.7 Å². The van der Waals surface area contributed by atoms with Gasteiger partial charge in [-0.3, -0.25) is 14.8 Å². The average Bonchev–Trinajstić information content (AvgIpc) is 2.46. The molecule has 0 spiro atoms. The summed E-state index contributed by atoms with van der Waals surface area (Å²) in [5, 5.41) is 10.7. The number of hydrogen-bond donors (Lipinski definition) is 1. The lowest BCUT2D eigenvalue weighted by Crippen LogP contribution is -2.15. The summed E-state index contributed by atoms with van der Waals surface area (Å²) in [6, 6.07) is 12.6. The Morgan fingerprint density at radius 2 is 1.91 bits per heavy atom. The summed E-state index contributed by atoms with van der Waals surface area (Å²) in [4.78, 5) is 11.1. The molecule has 0 saturated heterocycles. The first-order valence-electron chi connectivity index (χ1n) is 6.27. The predicted octanol–water partition coefficient (Wildman–Crippen LogP) is 3.26. The summed E-state index contributed by atoms with van der Waals surface area (Å²) in [6.07, 6.45) is 1.90. The van der Waals surface area contributed by atoms with E-state index in [1.807, 2.05) is 12.3 Å². The van der Waals surface area contributed by atoms with Gasteiger partial charge >= 0.3 is 0 Å². The van der Waals surface area contributed by atoms with Crippen molar-refractivity contribution in [2.75, 3.05) is 11.0 Å². The van der Waals surface area contributed by atoms with Gasteiger partial charge in [0.1, 0.15) is 0 Å². The van der Waals surface area contributed by atoms with Crippen molar-refractivity contribution >= 4 is 33.2 Å². The maximum Gasteiger partial charge on any atom is 0.269 e. The third-order valence-electron chi connectivity index (χ3n) is 2.82. The van der Waals surface area contributed by atoms with Crippen LogP contribution in [0.1, 0.15) is 5.56 Å². The topological polar surface area (TPSA) is 89.3 Å². The van der Waals surface area contributed by atoms with E-state index in [9.17, 15) is 18.5 Å². The summed E-state index contributed by atoms with van der Waals surface area (Å²) >= 11 is 1.51. The van der Waals surface area contributed by atoms with Crippen molar-refractivity contribution in [1.82, 2.24) is 0 Å². The molecular weight excluding hydrogens is 324 g/mol. The molecule has 0 heterocycles. The number of nitrogens with one attached hydrogen (secondary N) is 1. The minimum atomic E-state index is -3.64. The van der Waals surface area contributed by atoms with Crippen LogP contribution in [-0.2, 0) is 15.8 Å². The van der Waals surface area contributed by atoms with E-state index in [0.717, 1.165) is 4.90 Å². The fourth-order valence-corrected chi connectivity index (χ4v) is 3.52. The van der Waals surface area contributed by atoms with Gasteiger partial charge in [-0.2, -0.15) is 0 Å². The number of nitro benzene ring substituents is 1. The number of nitrogens with zero attached hydrogens (tertiary/aromatic N) is 1. The highest BCUT2D eigenvalue weighted by Crippen LogP contribution is 2.21. The summed E-state index contributed by atoms with van der Waals surface area (Å²) in [6.45, 7) is 0. The lowest BCUT2D eigenvalue weighted by atomic mass is 10.2. The summed E-state index contributed by atoms with van der Waals surface area (Å²) in [7, 11) is -3.64. The zero-order valence-electron chi connectivity index (χ0n) is 11.7. The molecule has 1 N–H and O–H groups in total. The lowest BCUT2D eigenvalue weighted by molar-refractivity contribution is -0.384. The first-order valence-corrected chi connectivity index (χ1v) is 9.15. The van der Waals surface area contributed by atoms with E-state index in [0.29, 0.717) is 11.3 Å². The van der Waals surface area contributed by atoms with E-state index in [2.05, 4.69) is 4.72 Å². The summed E-state index contributed by atoms with van der Waals surface area (Å²) in [5.74, 6) is -0.321. The molecule has 0 bridgehead atoms. The molecule has 0 saturated carbocycles. The highest BCUT2D eigenvalue weighted by molar-refractivity contribution is 7.98. The Hall–Kier alpha value is -2.06. The number of rotatable bonds is 6. The quantitative estimate of drug-likeness (QED) is 0.496. The third-order valence-corrected chi connectivity index (χ3v) is 4.81. The van der Waals surface area contributed by atoms with Gasteiger partial charge < -0.3 is 0 Å². The standard InChI is InChI=1S/C14H14N2O4S2/c1-21-14-7-3-5-12(9-14)15-22(19,20)10-11-4-2-6-13(8-11)16(17)18/h2-9,15H,10H2,1H3. The van der Waals surface area contributed by atoms with Crippen molar-refractivity contribution < 1.29 is 13.3 Å². The number of hydrogen-bond acceptors (Lipinski definition) is 5. The van der Waals surface area contributed by atoms with Crippen molar-refractivity contribution in [3.05, 3.63) is 64.2 Å². The van der Waals surface area contributed by atoms with E-state index in [1.165, 1.54) is 30.0 Å². The molecule has 0 aromatic heterocycles. The first kappa shape index (κ1) is 16.3. The molecule has 22 heavy (non-hydrogen) atoms. The van der Waals surface area contributed by atoms with Crippen molar-refractivity contribution in [2.45, 2.75) is 10.6 Å². The van der Waals surface area contributed by atoms with Crippen LogP contribution in [0.5, 0.6) is 0 Å². The van der Waals surface area contributed by atoms with E-state index in [4.69, 9.17) is 0 Å². The second kappa shape index (κ2) is 6.80. The van der Waals surface area contributed by atoms with Gasteiger partial charge in [0.25, 0.3) is 5.69 Å². The predicted molar refractivity (Wildman–Crippen MR) is 87.6 cm³/mol. The Balaban J connectivity index is 2.17. The molecule has 0 fully saturated rings. The van der Waals surface area contributed by atoms with Crippen LogP contribution in [0, 0.1) is 10.1 Å². The number of benzene rings is 2. The monoisotopic (exact) mass is 338 g/mol. The number of anilines is 1. The molecule has 116 valence electrons. The highest BCUT2D eigenvalue weighted by atomic mass is 32.2. The minimum absolute atomic E-state index is 0.128. The van der Waals surface area contributed by atoms with Gasteiger partial charge in [0.15, 0.2) is 0 Å². The number of non-ortho nitro benzene ring substituents is 1. The van der Waals surface area contributed by atoms with Crippen molar-refractivity contribution in [3.63, 3.8) is 0 Å². The molecule has 0 atom stereocenters. The van der Waals surface area contributed by atoms with E-state index in [-0.39, 0.29) is 11.4 Å². The molecule has 2 rings (SSSR count). The number of nitro groups is 1. The van der Waals surface area contributed by atoms with Gasteiger partial charge in [-0.25, -0.2) is 8.42 Å². The minimum Gasteiger partial charge on any atom is -0.283 e. The van der Waals surface area contributed by atoms with Crippen molar-refractivity contribution in [1.29, 1.82) is 0 Å². The van der Waals surface area contributed by atoms with Crippen LogP contribution in [0.25, 0.3) is 0 Å². The molecule has 0 aliphatic heterocycles. The second-order valence-electron chi connectivity index (χ2n) is 4.52. The van der Waals surface area contributed by atoms with Crippen LogP contribution in [0.15, 0.2) is 53.4 Å². The Labute approximate surface area is 132 Å². The smallest absolute Gasteiger partial charge is 0.269 e. The molecule has 8 heteroatoms. The maximum atomic E-state index is 12.2. The fraction of sp³-hybridized carbons (Fsp3) is 0.143. The molecule has 2 aromatic carbocycles. The Morgan fingerprint density at radius 1 is 1.18 bits per heavy atom. The first-order chi connectivity index (χ1) is 10.4. The Bertz CT molecular complexity index is 791. The Morgan fingerprint density at radius 3 is 2.59 bits per heavy atom. The average molecular weight is 338 g/mol. The zero-order valence-corrected chi connectivity index (χ0v) is 13.4. The summed E-state index contributed by atoms with van der Waals surface area (Å²) < 4.78 is 26.8. The Kier molecular flexibility index (Phi) is 5.04. The van der Waals surface area contributed by atoms with Gasteiger partial charge in [-0.15, -0.1) is 11.8 Å².